The SMILES string of the molecule is NC(=O)N1CCCC(NCCO)CC1. The van der Waals surface area contributed by atoms with Gasteiger partial charge in [0, 0.05) is 25.7 Å². The van der Waals surface area contributed by atoms with Crippen LogP contribution >= 0.6 is 0 Å². The Balaban J connectivity index is 2.29. The van der Waals surface area contributed by atoms with Crippen molar-refractivity contribution in [3.05, 3.63) is 0 Å². The molecule has 0 aromatic rings. The number of rotatable bonds is 3. The van der Waals surface area contributed by atoms with Crippen LogP contribution in [0.1, 0.15) is 19.3 Å². The van der Waals surface area contributed by atoms with Crippen molar-refractivity contribution in [2.75, 3.05) is 26.2 Å². The maximum atomic E-state index is 10.9. The molecule has 0 aromatic heterocycles. The number of amides is 2. The van der Waals surface area contributed by atoms with Crippen LogP contribution in [0.15, 0.2) is 0 Å². The minimum atomic E-state index is -0.326. The Bertz CT molecular complexity index is 187. The highest BCUT2D eigenvalue weighted by Gasteiger charge is 2.17. The van der Waals surface area contributed by atoms with E-state index in [0.29, 0.717) is 12.6 Å². The Labute approximate surface area is 84.3 Å². The molecule has 1 unspecified atom stereocenters. The summed E-state index contributed by atoms with van der Waals surface area (Å²) in [5.41, 5.74) is 5.21. The molecule has 5 heteroatoms. The first-order chi connectivity index (χ1) is 6.74. The number of aliphatic hydroxyl groups is 1. The van der Waals surface area contributed by atoms with E-state index >= 15 is 0 Å². The summed E-state index contributed by atoms with van der Waals surface area (Å²) in [4.78, 5) is 12.6. The molecule has 2 amide bonds. The Hall–Kier alpha value is -0.810. The van der Waals surface area contributed by atoms with Crippen molar-refractivity contribution in [1.29, 1.82) is 0 Å². The van der Waals surface area contributed by atoms with Crippen LogP contribution in [0.5, 0.6) is 0 Å². The Morgan fingerprint density at radius 2 is 2.29 bits per heavy atom. The van der Waals surface area contributed by atoms with Crippen LogP contribution in [0.3, 0.4) is 0 Å². The lowest BCUT2D eigenvalue weighted by atomic mass is 10.1. The molecule has 1 heterocycles. The van der Waals surface area contributed by atoms with Crippen LogP contribution in [-0.4, -0.2) is 48.3 Å². The largest absolute Gasteiger partial charge is 0.395 e. The van der Waals surface area contributed by atoms with E-state index in [-0.39, 0.29) is 12.6 Å². The molecule has 0 spiro atoms. The second-order valence-electron chi connectivity index (χ2n) is 3.63. The van der Waals surface area contributed by atoms with Crippen LogP contribution in [0.2, 0.25) is 0 Å². The number of carbonyl (C=O) groups excluding carboxylic acids is 1. The van der Waals surface area contributed by atoms with Crippen LogP contribution in [0.4, 0.5) is 4.79 Å². The average Bonchev–Trinajstić information content (AvgIpc) is 2.39. The van der Waals surface area contributed by atoms with E-state index in [0.717, 1.165) is 32.4 Å². The van der Waals surface area contributed by atoms with Gasteiger partial charge < -0.3 is 21.1 Å². The Morgan fingerprint density at radius 1 is 1.50 bits per heavy atom. The fourth-order valence-corrected chi connectivity index (χ4v) is 1.79. The van der Waals surface area contributed by atoms with Crippen LogP contribution in [0.25, 0.3) is 0 Å². The quantitative estimate of drug-likeness (QED) is 0.576. The molecule has 0 aliphatic carbocycles. The first-order valence-corrected chi connectivity index (χ1v) is 5.12. The van der Waals surface area contributed by atoms with E-state index in [9.17, 15) is 4.79 Å². The molecule has 0 radical (unpaired) electrons. The van der Waals surface area contributed by atoms with Gasteiger partial charge in [-0.1, -0.05) is 0 Å². The van der Waals surface area contributed by atoms with Gasteiger partial charge in [-0.15, -0.1) is 0 Å². The fourth-order valence-electron chi connectivity index (χ4n) is 1.79. The number of carbonyl (C=O) groups is 1. The standard InChI is InChI=1S/C9H19N3O2/c10-9(14)12-5-1-2-8(3-6-12)11-4-7-13/h8,11,13H,1-7H2,(H2,10,14). The fraction of sp³-hybridized carbons (Fsp3) is 0.889. The highest BCUT2D eigenvalue weighted by molar-refractivity contribution is 5.71. The smallest absolute Gasteiger partial charge is 0.314 e. The number of aliphatic hydroxyl groups excluding tert-OH is 1. The van der Waals surface area contributed by atoms with Crippen molar-refractivity contribution < 1.29 is 9.90 Å². The number of hydrogen-bond donors (Lipinski definition) is 3. The molecule has 14 heavy (non-hydrogen) atoms. The lowest BCUT2D eigenvalue weighted by molar-refractivity contribution is 0.209. The van der Waals surface area contributed by atoms with E-state index in [1.54, 1.807) is 4.90 Å². The predicted octanol–water partition coefficient (Wildman–Crippen LogP) is -0.498. The van der Waals surface area contributed by atoms with E-state index in [2.05, 4.69) is 5.32 Å². The van der Waals surface area contributed by atoms with Gasteiger partial charge in [0.2, 0.25) is 0 Å². The van der Waals surface area contributed by atoms with Crippen molar-refractivity contribution in [1.82, 2.24) is 10.2 Å². The number of nitrogens with one attached hydrogen (secondary N) is 1. The molecule has 0 saturated carbocycles. The van der Waals surface area contributed by atoms with E-state index in [4.69, 9.17) is 10.8 Å². The number of nitrogens with zero attached hydrogens (tertiary/aromatic N) is 1. The van der Waals surface area contributed by atoms with Crippen molar-refractivity contribution in [3.8, 4) is 0 Å². The van der Waals surface area contributed by atoms with Gasteiger partial charge >= 0.3 is 6.03 Å². The zero-order chi connectivity index (χ0) is 10.4. The van der Waals surface area contributed by atoms with Crippen molar-refractivity contribution in [2.24, 2.45) is 5.73 Å². The summed E-state index contributed by atoms with van der Waals surface area (Å²) in [6.45, 7) is 2.27. The van der Waals surface area contributed by atoms with Crippen molar-refractivity contribution in [3.63, 3.8) is 0 Å². The minimum Gasteiger partial charge on any atom is -0.395 e. The first-order valence-electron chi connectivity index (χ1n) is 5.12. The maximum absolute atomic E-state index is 10.9. The highest BCUT2D eigenvalue weighted by Crippen LogP contribution is 2.10. The number of hydrogen-bond acceptors (Lipinski definition) is 3. The van der Waals surface area contributed by atoms with E-state index < -0.39 is 0 Å². The summed E-state index contributed by atoms with van der Waals surface area (Å²) < 4.78 is 0. The van der Waals surface area contributed by atoms with Gasteiger partial charge in [-0.25, -0.2) is 4.79 Å². The lowest BCUT2D eigenvalue weighted by Crippen LogP contribution is -2.37. The predicted molar refractivity (Wildman–Crippen MR) is 53.9 cm³/mol. The van der Waals surface area contributed by atoms with Gasteiger partial charge in [0.1, 0.15) is 0 Å². The van der Waals surface area contributed by atoms with Gasteiger partial charge in [-0.3, -0.25) is 0 Å². The Morgan fingerprint density at radius 3 is 2.93 bits per heavy atom. The molecule has 1 aliphatic rings. The lowest BCUT2D eigenvalue weighted by Gasteiger charge is -2.18. The summed E-state index contributed by atoms with van der Waals surface area (Å²) in [5, 5.41) is 11.9. The Kier molecular flexibility index (Phi) is 4.69. The maximum Gasteiger partial charge on any atom is 0.314 e. The minimum absolute atomic E-state index is 0.163. The molecular weight excluding hydrogens is 182 g/mol. The van der Waals surface area contributed by atoms with Crippen LogP contribution in [-0.2, 0) is 0 Å². The molecule has 4 N–H and O–H groups in total. The van der Waals surface area contributed by atoms with Gasteiger partial charge in [0.15, 0.2) is 0 Å². The number of primary amides is 1. The molecule has 0 bridgehead atoms. The zero-order valence-corrected chi connectivity index (χ0v) is 8.41. The van der Waals surface area contributed by atoms with Crippen molar-refractivity contribution >= 4 is 6.03 Å². The molecule has 0 aromatic carbocycles. The summed E-state index contributed by atoms with van der Waals surface area (Å²) in [7, 11) is 0. The van der Waals surface area contributed by atoms with Crippen LogP contribution in [0, 0.1) is 0 Å². The molecule has 1 atom stereocenters. The molecule has 1 fully saturated rings. The first kappa shape index (κ1) is 11.3. The third-order valence-corrected chi connectivity index (χ3v) is 2.58. The van der Waals surface area contributed by atoms with Gasteiger partial charge in [0.05, 0.1) is 6.61 Å². The van der Waals surface area contributed by atoms with Crippen molar-refractivity contribution in [2.45, 2.75) is 25.3 Å². The van der Waals surface area contributed by atoms with E-state index in [1.165, 1.54) is 0 Å². The van der Waals surface area contributed by atoms with Gasteiger partial charge in [0.25, 0.3) is 0 Å². The van der Waals surface area contributed by atoms with Gasteiger partial charge in [-0.2, -0.15) is 0 Å². The number of urea groups is 1. The number of nitrogens with two attached hydrogens (primary N) is 1. The molecule has 82 valence electrons. The third-order valence-electron chi connectivity index (χ3n) is 2.58. The zero-order valence-electron chi connectivity index (χ0n) is 8.41. The molecule has 5 nitrogen and oxygen atoms in total. The molecule has 1 saturated heterocycles. The third kappa shape index (κ3) is 3.51. The molecule has 1 aliphatic heterocycles. The topological polar surface area (TPSA) is 78.6 Å². The number of likely N-dealkylation sites (tertiary alicyclic amines) is 1. The highest BCUT2D eigenvalue weighted by atomic mass is 16.3. The summed E-state index contributed by atoms with van der Waals surface area (Å²) >= 11 is 0. The van der Waals surface area contributed by atoms with Gasteiger partial charge in [-0.05, 0) is 19.3 Å². The molecular formula is C9H19N3O2. The summed E-state index contributed by atoms with van der Waals surface area (Å²) in [5.74, 6) is 0. The summed E-state index contributed by atoms with van der Waals surface area (Å²) in [6.07, 6.45) is 2.94. The second-order valence-corrected chi connectivity index (χ2v) is 3.63. The molecule has 1 rings (SSSR count). The second kappa shape index (κ2) is 5.82. The normalized spacial score (nSPS) is 23.2. The average molecular weight is 201 g/mol. The monoisotopic (exact) mass is 201 g/mol. The van der Waals surface area contributed by atoms with Crippen LogP contribution < -0.4 is 11.1 Å². The van der Waals surface area contributed by atoms with E-state index in [1.807, 2.05) is 0 Å². The summed E-state index contributed by atoms with van der Waals surface area (Å²) in [6, 6.07) is 0.0827.